The van der Waals surface area contributed by atoms with Gasteiger partial charge in [0.25, 0.3) is 5.91 Å². The van der Waals surface area contributed by atoms with E-state index in [9.17, 15) is 14.4 Å². The van der Waals surface area contributed by atoms with Crippen LogP contribution in [0.2, 0.25) is 0 Å². The van der Waals surface area contributed by atoms with Crippen molar-refractivity contribution >= 4 is 29.1 Å². The molecule has 168 valence electrons. The summed E-state index contributed by atoms with van der Waals surface area (Å²) >= 11 is 0. The molecule has 2 N–H and O–H groups in total. The Labute approximate surface area is 189 Å². The molecule has 0 spiro atoms. The van der Waals surface area contributed by atoms with Crippen molar-refractivity contribution < 1.29 is 14.4 Å². The summed E-state index contributed by atoms with van der Waals surface area (Å²) < 4.78 is 0. The largest absolute Gasteiger partial charge is 0.349 e. The summed E-state index contributed by atoms with van der Waals surface area (Å²) in [5.74, 6) is -0.907. The van der Waals surface area contributed by atoms with E-state index in [2.05, 4.69) is 10.6 Å². The lowest BCUT2D eigenvalue weighted by Gasteiger charge is -2.23. The summed E-state index contributed by atoms with van der Waals surface area (Å²) in [6.07, 6.45) is 5.65. The van der Waals surface area contributed by atoms with E-state index in [0.29, 0.717) is 17.8 Å². The molecule has 2 aliphatic rings. The van der Waals surface area contributed by atoms with Crippen LogP contribution in [0.4, 0.5) is 11.4 Å². The van der Waals surface area contributed by atoms with Crippen molar-refractivity contribution in [3.05, 3.63) is 59.2 Å². The van der Waals surface area contributed by atoms with Gasteiger partial charge in [-0.3, -0.25) is 14.4 Å². The smallest absolute Gasteiger partial charge is 0.253 e. The average Bonchev–Trinajstić information content (AvgIpc) is 3.18. The first-order valence-electron chi connectivity index (χ1n) is 11.5. The molecular weight excluding hydrogens is 402 g/mol. The molecule has 0 aromatic heterocycles. The summed E-state index contributed by atoms with van der Waals surface area (Å²) in [5.41, 5.74) is 3.97. The topological polar surface area (TPSA) is 78.5 Å². The Balaban J connectivity index is 1.45. The highest BCUT2D eigenvalue weighted by molar-refractivity contribution is 6.07. The number of carbonyl (C=O) groups excluding carboxylic acids is 3. The first kappa shape index (κ1) is 22.1. The normalized spacial score (nSPS) is 19.1. The van der Waals surface area contributed by atoms with Gasteiger partial charge in [0.2, 0.25) is 11.8 Å². The number of nitrogens with one attached hydrogen (secondary N) is 2. The minimum atomic E-state index is -0.461. The van der Waals surface area contributed by atoms with Crippen molar-refractivity contribution in [2.45, 2.75) is 58.4 Å². The third kappa shape index (κ3) is 4.69. The number of aryl methyl sites for hydroxylation is 1. The third-order valence-corrected chi connectivity index (χ3v) is 6.73. The van der Waals surface area contributed by atoms with Gasteiger partial charge in [0, 0.05) is 24.7 Å². The number of para-hydroxylation sites is 1. The third-order valence-electron chi connectivity index (χ3n) is 6.73. The predicted molar refractivity (Wildman–Crippen MR) is 126 cm³/mol. The van der Waals surface area contributed by atoms with Crippen LogP contribution in [0.1, 0.15) is 60.0 Å². The maximum atomic E-state index is 13.0. The monoisotopic (exact) mass is 433 g/mol. The molecule has 3 amide bonds. The Morgan fingerprint density at radius 3 is 2.50 bits per heavy atom. The number of hydrogen-bond acceptors (Lipinski definition) is 3. The number of carbonyl (C=O) groups is 3. The van der Waals surface area contributed by atoms with Gasteiger partial charge in [-0.25, -0.2) is 0 Å². The molecule has 0 bridgehead atoms. The van der Waals surface area contributed by atoms with Gasteiger partial charge >= 0.3 is 0 Å². The molecule has 6 nitrogen and oxygen atoms in total. The molecule has 2 aromatic rings. The van der Waals surface area contributed by atoms with Gasteiger partial charge in [0.15, 0.2) is 0 Å². The van der Waals surface area contributed by atoms with Crippen molar-refractivity contribution in [3.8, 4) is 0 Å². The SMILES string of the molecule is Cc1cccc(N2C[C@@H](C(=O)Nc3ccccc3C(=O)NC3CCCCC3)CC2=O)c1C. The molecule has 1 heterocycles. The van der Waals surface area contributed by atoms with Gasteiger partial charge in [-0.2, -0.15) is 0 Å². The molecular formula is C26H31N3O3. The van der Waals surface area contributed by atoms with E-state index in [1.54, 1.807) is 29.2 Å². The zero-order valence-electron chi connectivity index (χ0n) is 18.8. The molecule has 6 heteroatoms. The summed E-state index contributed by atoms with van der Waals surface area (Å²) in [6, 6.07) is 13.1. The summed E-state index contributed by atoms with van der Waals surface area (Å²) in [5, 5.41) is 6.02. The first-order chi connectivity index (χ1) is 15.4. The summed E-state index contributed by atoms with van der Waals surface area (Å²) in [4.78, 5) is 40.3. The second-order valence-corrected chi connectivity index (χ2v) is 8.97. The van der Waals surface area contributed by atoms with E-state index in [1.165, 1.54) is 6.42 Å². The van der Waals surface area contributed by atoms with E-state index in [4.69, 9.17) is 0 Å². The molecule has 1 saturated carbocycles. The zero-order valence-corrected chi connectivity index (χ0v) is 18.8. The quantitative estimate of drug-likeness (QED) is 0.736. The molecule has 4 rings (SSSR count). The van der Waals surface area contributed by atoms with Crippen LogP contribution < -0.4 is 15.5 Å². The lowest BCUT2D eigenvalue weighted by atomic mass is 9.95. The average molecular weight is 434 g/mol. The van der Waals surface area contributed by atoms with Crippen molar-refractivity contribution in [1.82, 2.24) is 5.32 Å². The maximum absolute atomic E-state index is 13.0. The molecule has 2 fully saturated rings. The highest BCUT2D eigenvalue weighted by Crippen LogP contribution is 2.30. The van der Waals surface area contributed by atoms with E-state index in [-0.39, 0.29) is 30.2 Å². The zero-order chi connectivity index (χ0) is 22.7. The maximum Gasteiger partial charge on any atom is 0.253 e. The molecule has 1 aliphatic carbocycles. The molecule has 1 atom stereocenters. The number of rotatable bonds is 5. The van der Waals surface area contributed by atoms with Gasteiger partial charge in [-0.05, 0) is 56.0 Å². The van der Waals surface area contributed by atoms with Crippen molar-refractivity contribution in [3.63, 3.8) is 0 Å². The number of anilines is 2. The Bertz CT molecular complexity index is 1030. The van der Waals surface area contributed by atoms with Crippen LogP contribution >= 0.6 is 0 Å². The lowest BCUT2D eigenvalue weighted by molar-refractivity contribution is -0.122. The first-order valence-corrected chi connectivity index (χ1v) is 11.5. The summed E-state index contributed by atoms with van der Waals surface area (Å²) in [7, 11) is 0. The number of amides is 3. The Kier molecular flexibility index (Phi) is 6.58. The van der Waals surface area contributed by atoms with Gasteiger partial charge in [-0.15, -0.1) is 0 Å². The summed E-state index contributed by atoms with van der Waals surface area (Å²) in [6.45, 7) is 4.34. The standard InChI is InChI=1S/C26H31N3O3/c1-17-9-8-14-23(18(17)2)29-16-19(15-24(29)30)25(31)28-22-13-7-6-12-21(22)26(32)27-20-10-4-3-5-11-20/h6-9,12-14,19-20H,3-5,10-11,15-16H2,1-2H3,(H,27,32)(H,28,31)/t19-/m0/s1. The predicted octanol–water partition coefficient (Wildman–Crippen LogP) is 4.36. The molecule has 1 aliphatic heterocycles. The highest BCUT2D eigenvalue weighted by Gasteiger charge is 2.36. The molecule has 0 unspecified atom stereocenters. The Morgan fingerprint density at radius 1 is 0.969 bits per heavy atom. The van der Waals surface area contributed by atoms with Gasteiger partial charge < -0.3 is 15.5 Å². The van der Waals surface area contributed by atoms with E-state index >= 15 is 0 Å². The fourth-order valence-electron chi connectivity index (χ4n) is 4.68. The number of nitrogens with zero attached hydrogens (tertiary/aromatic N) is 1. The second kappa shape index (κ2) is 9.55. The minimum Gasteiger partial charge on any atom is -0.349 e. The minimum absolute atomic E-state index is 0.0535. The van der Waals surface area contributed by atoms with Gasteiger partial charge in [0.05, 0.1) is 17.2 Å². The van der Waals surface area contributed by atoms with Crippen LogP contribution in [-0.2, 0) is 9.59 Å². The lowest BCUT2D eigenvalue weighted by Crippen LogP contribution is -2.36. The van der Waals surface area contributed by atoms with Crippen molar-refractivity contribution in [2.75, 3.05) is 16.8 Å². The van der Waals surface area contributed by atoms with Crippen molar-refractivity contribution in [2.24, 2.45) is 5.92 Å². The van der Waals surface area contributed by atoms with Crippen LogP contribution in [0.5, 0.6) is 0 Å². The van der Waals surface area contributed by atoms with Gasteiger partial charge in [0.1, 0.15) is 0 Å². The number of benzene rings is 2. The Hall–Kier alpha value is -3.15. The van der Waals surface area contributed by atoms with Crippen LogP contribution in [0, 0.1) is 19.8 Å². The number of hydrogen-bond donors (Lipinski definition) is 2. The van der Waals surface area contributed by atoms with E-state index < -0.39 is 5.92 Å². The van der Waals surface area contributed by atoms with Crippen LogP contribution in [0.15, 0.2) is 42.5 Å². The van der Waals surface area contributed by atoms with Gasteiger partial charge in [-0.1, -0.05) is 43.5 Å². The van der Waals surface area contributed by atoms with E-state index in [1.807, 2.05) is 32.0 Å². The molecule has 1 saturated heterocycles. The molecule has 32 heavy (non-hydrogen) atoms. The fraction of sp³-hybridized carbons (Fsp3) is 0.423. The molecule has 2 aromatic carbocycles. The molecule has 0 radical (unpaired) electrons. The fourth-order valence-corrected chi connectivity index (χ4v) is 4.68. The highest BCUT2D eigenvalue weighted by atomic mass is 16.2. The van der Waals surface area contributed by atoms with Crippen LogP contribution in [0.25, 0.3) is 0 Å². The second-order valence-electron chi connectivity index (χ2n) is 8.97. The van der Waals surface area contributed by atoms with Crippen LogP contribution in [-0.4, -0.2) is 30.3 Å². The van der Waals surface area contributed by atoms with E-state index in [0.717, 1.165) is 42.5 Å². The van der Waals surface area contributed by atoms with Crippen molar-refractivity contribution in [1.29, 1.82) is 0 Å². The Morgan fingerprint density at radius 2 is 1.72 bits per heavy atom. The van der Waals surface area contributed by atoms with Crippen LogP contribution in [0.3, 0.4) is 0 Å².